The number of para-hydroxylation sites is 1. The molecule has 16 heavy (non-hydrogen) atoms. The normalized spacial score (nSPS) is 18.6. The predicted molar refractivity (Wildman–Crippen MR) is 60.5 cm³/mol. The highest BCUT2D eigenvalue weighted by atomic mass is 16.5. The van der Waals surface area contributed by atoms with Gasteiger partial charge in [-0.25, -0.2) is 0 Å². The van der Waals surface area contributed by atoms with Crippen LogP contribution in [-0.2, 0) is 6.42 Å². The van der Waals surface area contributed by atoms with Crippen molar-refractivity contribution in [2.45, 2.75) is 18.6 Å². The van der Waals surface area contributed by atoms with Crippen LogP contribution in [0.25, 0.3) is 0 Å². The summed E-state index contributed by atoms with van der Waals surface area (Å²) in [6.45, 7) is 0.521. The standard InChI is InChI=1S/C12H17NO3/c14-7-10(8-15)13-6-11-5-9-3-1-2-4-12(9)16-11/h1-4,10-11,13-15H,5-8H2. The third-order valence-electron chi connectivity index (χ3n) is 2.79. The maximum Gasteiger partial charge on any atom is 0.123 e. The first-order valence-electron chi connectivity index (χ1n) is 5.53. The van der Waals surface area contributed by atoms with Crippen LogP contribution in [0, 0.1) is 0 Å². The van der Waals surface area contributed by atoms with Crippen molar-refractivity contribution >= 4 is 0 Å². The summed E-state index contributed by atoms with van der Waals surface area (Å²) >= 11 is 0. The van der Waals surface area contributed by atoms with Crippen LogP contribution in [0.4, 0.5) is 0 Å². The number of rotatable bonds is 5. The van der Waals surface area contributed by atoms with Gasteiger partial charge in [-0.3, -0.25) is 0 Å². The summed E-state index contributed by atoms with van der Waals surface area (Å²) in [6, 6.07) is 7.73. The first-order chi connectivity index (χ1) is 7.83. The highest BCUT2D eigenvalue weighted by Crippen LogP contribution is 2.27. The number of aliphatic hydroxyl groups excluding tert-OH is 2. The van der Waals surface area contributed by atoms with E-state index in [2.05, 4.69) is 11.4 Å². The Bertz CT molecular complexity index is 314. The van der Waals surface area contributed by atoms with Gasteiger partial charge in [0.05, 0.1) is 19.3 Å². The van der Waals surface area contributed by atoms with E-state index < -0.39 is 0 Å². The molecule has 0 spiro atoms. The smallest absolute Gasteiger partial charge is 0.123 e. The molecule has 0 saturated carbocycles. The highest BCUT2D eigenvalue weighted by molar-refractivity contribution is 5.37. The van der Waals surface area contributed by atoms with E-state index in [1.807, 2.05) is 18.2 Å². The summed E-state index contributed by atoms with van der Waals surface area (Å²) < 4.78 is 5.72. The van der Waals surface area contributed by atoms with Crippen molar-refractivity contribution in [2.75, 3.05) is 19.8 Å². The van der Waals surface area contributed by atoms with Crippen molar-refractivity contribution in [3.63, 3.8) is 0 Å². The van der Waals surface area contributed by atoms with E-state index in [9.17, 15) is 0 Å². The third kappa shape index (κ3) is 2.52. The number of aliphatic hydroxyl groups is 2. The van der Waals surface area contributed by atoms with Crippen LogP contribution >= 0.6 is 0 Å². The van der Waals surface area contributed by atoms with E-state index in [1.54, 1.807) is 0 Å². The molecular formula is C12H17NO3. The van der Waals surface area contributed by atoms with Gasteiger partial charge in [0.25, 0.3) is 0 Å². The van der Waals surface area contributed by atoms with Crippen molar-refractivity contribution in [2.24, 2.45) is 0 Å². The fraction of sp³-hybridized carbons (Fsp3) is 0.500. The topological polar surface area (TPSA) is 61.7 Å². The Kier molecular flexibility index (Phi) is 3.77. The highest BCUT2D eigenvalue weighted by Gasteiger charge is 2.22. The number of hydrogen-bond acceptors (Lipinski definition) is 4. The number of nitrogens with one attached hydrogen (secondary N) is 1. The average Bonchev–Trinajstić information content (AvgIpc) is 2.73. The van der Waals surface area contributed by atoms with Gasteiger partial charge in [-0.1, -0.05) is 18.2 Å². The van der Waals surface area contributed by atoms with Crippen LogP contribution < -0.4 is 10.1 Å². The summed E-state index contributed by atoms with van der Waals surface area (Å²) in [4.78, 5) is 0. The summed E-state index contributed by atoms with van der Waals surface area (Å²) in [6.07, 6.45) is 0.977. The monoisotopic (exact) mass is 223 g/mol. The molecule has 1 unspecified atom stereocenters. The average molecular weight is 223 g/mol. The minimum atomic E-state index is -0.257. The first kappa shape index (κ1) is 11.4. The Labute approximate surface area is 94.9 Å². The molecule has 1 aliphatic rings. The van der Waals surface area contributed by atoms with E-state index in [1.165, 1.54) is 5.56 Å². The van der Waals surface area contributed by atoms with Gasteiger partial charge < -0.3 is 20.3 Å². The fourth-order valence-electron chi connectivity index (χ4n) is 1.85. The zero-order chi connectivity index (χ0) is 11.4. The fourth-order valence-corrected chi connectivity index (χ4v) is 1.85. The molecular weight excluding hydrogens is 206 g/mol. The quantitative estimate of drug-likeness (QED) is 0.654. The zero-order valence-electron chi connectivity index (χ0n) is 9.10. The Balaban J connectivity index is 1.83. The van der Waals surface area contributed by atoms with Gasteiger partial charge >= 0.3 is 0 Å². The van der Waals surface area contributed by atoms with Gasteiger partial charge in [-0.15, -0.1) is 0 Å². The molecule has 0 aliphatic carbocycles. The van der Waals surface area contributed by atoms with E-state index >= 15 is 0 Å². The molecule has 0 fully saturated rings. The molecule has 88 valence electrons. The second kappa shape index (κ2) is 5.30. The van der Waals surface area contributed by atoms with Gasteiger partial charge in [-0.2, -0.15) is 0 Å². The summed E-state index contributed by atoms with van der Waals surface area (Å²) in [5.41, 5.74) is 1.22. The minimum Gasteiger partial charge on any atom is -0.488 e. The lowest BCUT2D eigenvalue weighted by atomic mass is 10.1. The SMILES string of the molecule is OCC(CO)NCC1Cc2ccccc2O1. The molecule has 1 heterocycles. The van der Waals surface area contributed by atoms with Crippen molar-refractivity contribution in [1.29, 1.82) is 0 Å². The lowest BCUT2D eigenvalue weighted by Crippen LogP contribution is -2.41. The molecule has 2 rings (SSSR count). The van der Waals surface area contributed by atoms with Gasteiger partial charge in [0, 0.05) is 13.0 Å². The molecule has 0 radical (unpaired) electrons. The Morgan fingerprint density at radius 3 is 2.75 bits per heavy atom. The van der Waals surface area contributed by atoms with Crippen LogP contribution in [-0.4, -0.2) is 42.1 Å². The minimum absolute atomic E-state index is 0.0594. The van der Waals surface area contributed by atoms with Crippen LogP contribution in [0.5, 0.6) is 5.75 Å². The number of benzene rings is 1. The summed E-state index contributed by atoms with van der Waals surface area (Å²) in [5.74, 6) is 0.943. The Morgan fingerprint density at radius 1 is 1.31 bits per heavy atom. The van der Waals surface area contributed by atoms with E-state index in [0.717, 1.165) is 12.2 Å². The van der Waals surface area contributed by atoms with Gasteiger partial charge in [0.1, 0.15) is 11.9 Å². The van der Waals surface area contributed by atoms with E-state index in [0.29, 0.717) is 6.54 Å². The van der Waals surface area contributed by atoms with Crippen LogP contribution in [0.3, 0.4) is 0 Å². The molecule has 0 bridgehead atoms. The molecule has 0 amide bonds. The largest absolute Gasteiger partial charge is 0.488 e. The van der Waals surface area contributed by atoms with Crippen LogP contribution in [0.15, 0.2) is 24.3 Å². The maximum atomic E-state index is 8.91. The van der Waals surface area contributed by atoms with Crippen molar-refractivity contribution in [3.05, 3.63) is 29.8 Å². The molecule has 1 atom stereocenters. The summed E-state index contributed by atoms with van der Waals surface area (Å²) in [5, 5.41) is 20.9. The first-order valence-corrected chi connectivity index (χ1v) is 5.53. The van der Waals surface area contributed by atoms with Gasteiger partial charge in [-0.05, 0) is 11.6 Å². The molecule has 1 aliphatic heterocycles. The summed E-state index contributed by atoms with van der Waals surface area (Å²) in [7, 11) is 0. The van der Waals surface area contributed by atoms with E-state index in [4.69, 9.17) is 14.9 Å². The Hall–Kier alpha value is -1.10. The zero-order valence-corrected chi connectivity index (χ0v) is 9.10. The third-order valence-corrected chi connectivity index (χ3v) is 2.79. The van der Waals surface area contributed by atoms with Gasteiger partial charge in [0.15, 0.2) is 0 Å². The van der Waals surface area contributed by atoms with Gasteiger partial charge in [0.2, 0.25) is 0 Å². The van der Waals surface area contributed by atoms with Crippen LogP contribution in [0.1, 0.15) is 5.56 Å². The number of fused-ring (bicyclic) bond motifs is 1. The molecule has 4 nitrogen and oxygen atoms in total. The predicted octanol–water partition coefficient (Wildman–Crippen LogP) is -0.0671. The molecule has 3 N–H and O–H groups in total. The second-order valence-corrected chi connectivity index (χ2v) is 4.02. The molecule has 0 saturated heterocycles. The maximum absolute atomic E-state index is 8.91. The molecule has 0 aromatic heterocycles. The lowest BCUT2D eigenvalue weighted by Gasteiger charge is -2.16. The Morgan fingerprint density at radius 2 is 2.06 bits per heavy atom. The van der Waals surface area contributed by atoms with E-state index in [-0.39, 0.29) is 25.4 Å². The number of ether oxygens (including phenoxy) is 1. The molecule has 1 aromatic rings. The van der Waals surface area contributed by atoms with Crippen molar-refractivity contribution < 1.29 is 14.9 Å². The lowest BCUT2D eigenvalue weighted by molar-refractivity contribution is 0.153. The second-order valence-electron chi connectivity index (χ2n) is 4.02. The van der Waals surface area contributed by atoms with Crippen molar-refractivity contribution in [1.82, 2.24) is 5.32 Å². The number of hydrogen-bond donors (Lipinski definition) is 3. The molecule has 1 aromatic carbocycles. The molecule has 4 heteroatoms. The van der Waals surface area contributed by atoms with Crippen LogP contribution in [0.2, 0.25) is 0 Å². The van der Waals surface area contributed by atoms with Crippen molar-refractivity contribution in [3.8, 4) is 5.75 Å².